The van der Waals surface area contributed by atoms with Gasteiger partial charge in [0.15, 0.2) is 11.6 Å². The molecule has 0 amide bonds. The van der Waals surface area contributed by atoms with Crippen molar-refractivity contribution in [2.45, 2.75) is 83.8 Å². The van der Waals surface area contributed by atoms with Gasteiger partial charge in [-0.1, -0.05) is 25.1 Å². The van der Waals surface area contributed by atoms with Crippen LogP contribution in [0.3, 0.4) is 0 Å². The van der Waals surface area contributed by atoms with E-state index in [0.717, 1.165) is 24.7 Å². The summed E-state index contributed by atoms with van der Waals surface area (Å²) in [5, 5.41) is 0. The van der Waals surface area contributed by atoms with Gasteiger partial charge in [-0.3, -0.25) is 4.79 Å². The van der Waals surface area contributed by atoms with Crippen LogP contribution in [0.2, 0.25) is 0 Å². The van der Waals surface area contributed by atoms with Crippen molar-refractivity contribution in [1.29, 1.82) is 0 Å². The molecule has 1 unspecified atom stereocenters. The summed E-state index contributed by atoms with van der Waals surface area (Å²) < 4.78 is 38.0. The monoisotopic (exact) mass is 460 g/mol. The number of halogens is 1. The van der Waals surface area contributed by atoms with Crippen LogP contribution in [0.1, 0.15) is 77.3 Å². The standard InChI is InChI=1S/C25H34BFO4S/c1-23(2)24(3,4)31-26(30-23)17-6-7-18-15(13-17)12-16(14-32(27)29)22-19(18)10-11-25(5)20(22)8-9-21(25)28/h6-7,13,16,19-20,22H,8-12,14H2,1-5H3/t16-,19+,20-,22+,25-,32?/m0/s1. The zero-order valence-electron chi connectivity index (χ0n) is 19.8. The molecule has 2 saturated carbocycles. The molecule has 32 heavy (non-hydrogen) atoms. The Hall–Kier alpha value is -0.885. The molecule has 3 fully saturated rings. The van der Waals surface area contributed by atoms with Crippen molar-refractivity contribution >= 4 is 29.9 Å². The second kappa shape index (κ2) is 7.56. The number of Topliss-reactive ketones (excluding diaryl/α,β-unsaturated/α-hetero) is 1. The van der Waals surface area contributed by atoms with Gasteiger partial charge >= 0.3 is 7.12 Å². The quantitative estimate of drug-likeness (QED) is 0.500. The van der Waals surface area contributed by atoms with Gasteiger partial charge in [0.2, 0.25) is 0 Å². The Morgan fingerprint density at radius 3 is 2.50 bits per heavy atom. The first-order valence-electron chi connectivity index (χ1n) is 12.0. The lowest BCUT2D eigenvalue weighted by Crippen LogP contribution is -2.48. The SMILES string of the molecule is CC1(C)OB(c2ccc3c(c2)C[C@@H](C[S+]([O-])F)[C@@H]2[C@@H]3CC[C@]3(C)C(=O)CC[C@@H]23)OC1(C)C. The highest BCUT2D eigenvalue weighted by molar-refractivity contribution is 7.86. The highest BCUT2D eigenvalue weighted by atomic mass is 32.3. The molecule has 7 heteroatoms. The number of hydrogen-bond acceptors (Lipinski definition) is 4. The summed E-state index contributed by atoms with van der Waals surface area (Å²) in [6, 6.07) is 6.48. The maximum atomic E-state index is 13.8. The van der Waals surface area contributed by atoms with Crippen LogP contribution in [-0.2, 0) is 32.1 Å². The van der Waals surface area contributed by atoms with Gasteiger partial charge in [0.25, 0.3) is 0 Å². The molecular formula is C25H34BFO4S. The number of hydrogen-bond donors (Lipinski definition) is 0. The maximum Gasteiger partial charge on any atom is 0.494 e. The van der Waals surface area contributed by atoms with Crippen molar-refractivity contribution < 1.29 is 22.5 Å². The molecule has 4 aliphatic rings. The zero-order valence-corrected chi connectivity index (χ0v) is 20.6. The van der Waals surface area contributed by atoms with Gasteiger partial charge in [0.05, 0.1) is 11.2 Å². The van der Waals surface area contributed by atoms with Crippen molar-refractivity contribution in [2.24, 2.45) is 23.2 Å². The minimum absolute atomic E-state index is 0.0117. The van der Waals surface area contributed by atoms with E-state index >= 15 is 0 Å². The summed E-state index contributed by atoms with van der Waals surface area (Å²) in [5.41, 5.74) is 2.39. The molecule has 6 atom stereocenters. The largest absolute Gasteiger partial charge is 0.581 e. The van der Waals surface area contributed by atoms with Crippen molar-refractivity contribution in [3.63, 3.8) is 0 Å². The molecule has 0 bridgehead atoms. The molecule has 4 nitrogen and oxygen atoms in total. The fraction of sp³-hybridized carbons (Fsp3) is 0.720. The number of rotatable bonds is 3. The van der Waals surface area contributed by atoms with Gasteiger partial charge in [0.1, 0.15) is 11.5 Å². The number of ketones is 1. The number of carbonyl (C=O) groups excluding carboxylic acids is 1. The van der Waals surface area contributed by atoms with E-state index in [1.165, 1.54) is 11.1 Å². The molecule has 3 aliphatic carbocycles. The second-order valence-corrected chi connectivity index (χ2v) is 12.6. The summed E-state index contributed by atoms with van der Waals surface area (Å²) in [4.78, 5) is 12.7. The second-order valence-electron chi connectivity index (χ2n) is 11.7. The van der Waals surface area contributed by atoms with Crippen LogP contribution in [0.5, 0.6) is 0 Å². The average molecular weight is 460 g/mol. The van der Waals surface area contributed by atoms with E-state index in [9.17, 15) is 13.2 Å². The van der Waals surface area contributed by atoms with E-state index in [2.05, 4.69) is 25.1 Å². The Morgan fingerprint density at radius 1 is 1.16 bits per heavy atom. The predicted molar refractivity (Wildman–Crippen MR) is 125 cm³/mol. The predicted octanol–water partition coefficient (Wildman–Crippen LogP) is 4.27. The summed E-state index contributed by atoms with van der Waals surface area (Å²) in [7, 11) is -0.432. The first-order valence-corrected chi connectivity index (χ1v) is 13.2. The van der Waals surface area contributed by atoms with Crippen LogP contribution in [-0.4, -0.2) is 34.4 Å². The molecule has 1 aromatic carbocycles. The number of carbonyl (C=O) groups is 1. The Kier molecular flexibility index (Phi) is 5.41. The van der Waals surface area contributed by atoms with Crippen molar-refractivity contribution in [2.75, 3.05) is 5.75 Å². The lowest BCUT2D eigenvalue weighted by molar-refractivity contribution is -0.129. The molecule has 1 aromatic rings. The van der Waals surface area contributed by atoms with Gasteiger partial charge in [0, 0.05) is 21.6 Å². The van der Waals surface area contributed by atoms with Crippen LogP contribution in [0.25, 0.3) is 0 Å². The lowest BCUT2D eigenvalue weighted by atomic mass is 9.52. The minimum atomic E-state index is -2.35. The molecule has 1 heterocycles. The summed E-state index contributed by atoms with van der Waals surface area (Å²) >= 11 is -2.35. The highest BCUT2D eigenvalue weighted by Crippen LogP contribution is 2.61. The van der Waals surface area contributed by atoms with E-state index in [-0.39, 0.29) is 28.9 Å². The molecular weight excluding hydrogens is 426 g/mol. The summed E-state index contributed by atoms with van der Waals surface area (Å²) in [5.74, 6) is 1.18. The van der Waals surface area contributed by atoms with Crippen molar-refractivity contribution in [1.82, 2.24) is 0 Å². The maximum absolute atomic E-state index is 13.8. The summed E-state index contributed by atoms with van der Waals surface area (Å²) in [6.07, 6.45) is 4.03. The fourth-order valence-corrected chi connectivity index (χ4v) is 7.71. The van der Waals surface area contributed by atoms with Crippen LogP contribution in [0.15, 0.2) is 18.2 Å². The van der Waals surface area contributed by atoms with Crippen LogP contribution in [0, 0.1) is 23.2 Å². The molecule has 0 aromatic heterocycles. The third kappa shape index (κ3) is 3.41. The van der Waals surface area contributed by atoms with E-state index in [4.69, 9.17) is 9.31 Å². The first kappa shape index (κ1) is 22.9. The van der Waals surface area contributed by atoms with E-state index in [0.29, 0.717) is 24.5 Å². The molecule has 0 spiro atoms. The van der Waals surface area contributed by atoms with Crippen molar-refractivity contribution in [3.8, 4) is 0 Å². The Bertz CT molecular complexity index is 919. The average Bonchev–Trinajstić information content (AvgIpc) is 3.12. The van der Waals surface area contributed by atoms with Crippen LogP contribution >= 0.6 is 0 Å². The molecule has 5 rings (SSSR count). The van der Waals surface area contributed by atoms with Gasteiger partial charge in [-0.05, 0) is 87.7 Å². The van der Waals surface area contributed by atoms with Crippen molar-refractivity contribution in [3.05, 3.63) is 29.3 Å². The van der Waals surface area contributed by atoms with Gasteiger partial charge < -0.3 is 13.9 Å². The van der Waals surface area contributed by atoms with Gasteiger partial charge in [-0.2, -0.15) is 0 Å². The van der Waals surface area contributed by atoms with Crippen LogP contribution in [0.4, 0.5) is 3.89 Å². The third-order valence-corrected chi connectivity index (χ3v) is 10.2. The molecule has 0 radical (unpaired) electrons. The third-order valence-electron chi connectivity index (χ3n) is 9.51. The normalized spacial score (nSPS) is 38.2. The molecule has 1 saturated heterocycles. The van der Waals surface area contributed by atoms with Gasteiger partial charge in [-0.25, -0.2) is 0 Å². The minimum Gasteiger partial charge on any atom is -0.581 e. The van der Waals surface area contributed by atoms with E-state index < -0.39 is 29.9 Å². The topological polar surface area (TPSA) is 58.6 Å². The molecule has 1 aliphatic heterocycles. The van der Waals surface area contributed by atoms with Gasteiger partial charge in [-0.15, -0.1) is 0 Å². The lowest BCUT2D eigenvalue weighted by Gasteiger charge is -2.51. The van der Waals surface area contributed by atoms with E-state index in [1.807, 2.05) is 27.7 Å². The highest BCUT2D eigenvalue weighted by Gasteiger charge is 2.58. The Morgan fingerprint density at radius 2 is 1.84 bits per heavy atom. The Labute approximate surface area is 194 Å². The molecule has 0 N–H and O–H groups in total. The zero-order chi connectivity index (χ0) is 23.1. The first-order chi connectivity index (χ1) is 14.9. The number of fused-ring (bicyclic) bond motifs is 5. The fourth-order valence-electron chi connectivity index (χ4n) is 7.03. The smallest absolute Gasteiger partial charge is 0.494 e. The summed E-state index contributed by atoms with van der Waals surface area (Å²) in [6.45, 7) is 10.3. The van der Waals surface area contributed by atoms with Crippen LogP contribution < -0.4 is 5.46 Å². The Balaban J connectivity index is 1.50. The van der Waals surface area contributed by atoms with E-state index in [1.54, 1.807) is 0 Å². The molecule has 174 valence electrons. The number of benzene rings is 1.